The Balaban J connectivity index is 1.89. The summed E-state index contributed by atoms with van der Waals surface area (Å²) in [5.41, 5.74) is 2.30. The third kappa shape index (κ3) is 4.42. The Morgan fingerprint density at radius 3 is 2.67 bits per heavy atom. The van der Waals surface area contributed by atoms with Gasteiger partial charge in [0, 0.05) is 18.8 Å². The molecule has 2 aromatic rings. The van der Waals surface area contributed by atoms with Gasteiger partial charge < -0.3 is 10.2 Å². The first-order valence-corrected chi connectivity index (χ1v) is 7.70. The Morgan fingerprint density at radius 1 is 1.19 bits per heavy atom. The fourth-order valence-electron chi connectivity index (χ4n) is 1.60. The van der Waals surface area contributed by atoms with Crippen molar-refractivity contribution in [2.75, 3.05) is 18.6 Å². The Morgan fingerprint density at radius 2 is 1.95 bits per heavy atom. The van der Waals surface area contributed by atoms with Crippen molar-refractivity contribution in [2.45, 2.75) is 4.90 Å². The van der Waals surface area contributed by atoms with Crippen molar-refractivity contribution in [3.63, 3.8) is 0 Å². The van der Waals surface area contributed by atoms with Crippen LogP contribution in [0.2, 0.25) is 0 Å². The van der Waals surface area contributed by atoms with Crippen LogP contribution in [-0.2, 0) is 10.0 Å². The molecule has 0 amide bonds. The molecular formula is C13H16N4O3S. The van der Waals surface area contributed by atoms with Gasteiger partial charge >= 0.3 is 0 Å². The summed E-state index contributed by atoms with van der Waals surface area (Å²) in [4.78, 5) is 3.94. The van der Waals surface area contributed by atoms with Crippen molar-refractivity contribution in [2.24, 2.45) is 5.84 Å². The summed E-state index contributed by atoms with van der Waals surface area (Å²) in [6, 6.07) is 11.9. The van der Waals surface area contributed by atoms with E-state index in [9.17, 15) is 8.42 Å². The van der Waals surface area contributed by atoms with Gasteiger partial charge in [0.2, 0.25) is 10.0 Å². The van der Waals surface area contributed by atoms with E-state index in [-0.39, 0.29) is 23.9 Å². The quantitative estimate of drug-likeness (QED) is 0.395. The molecule has 0 unspecified atom stereocenters. The number of nitrogen functional groups attached to an aromatic ring is 1. The molecule has 1 heterocycles. The van der Waals surface area contributed by atoms with E-state index >= 15 is 0 Å². The molecule has 0 saturated heterocycles. The second kappa shape index (κ2) is 7.02. The van der Waals surface area contributed by atoms with Crippen molar-refractivity contribution < 1.29 is 13.2 Å². The molecule has 0 aliphatic carbocycles. The summed E-state index contributed by atoms with van der Waals surface area (Å²) in [7, 11) is -3.61. The Kier molecular flexibility index (Phi) is 5.09. The summed E-state index contributed by atoms with van der Waals surface area (Å²) in [6.45, 7) is 0.390. The van der Waals surface area contributed by atoms with Crippen molar-refractivity contribution in [3.05, 3.63) is 48.7 Å². The summed E-state index contributed by atoms with van der Waals surface area (Å²) < 4.78 is 32.0. The van der Waals surface area contributed by atoms with Crippen molar-refractivity contribution in [1.29, 1.82) is 0 Å². The highest BCUT2D eigenvalue weighted by Gasteiger charge is 2.14. The number of pyridine rings is 1. The lowest BCUT2D eigenvalue weighted by Gasteiger charge is -2.09. The molecule has 0 radical (unpaired) electrons. The second-order valence-corrected chi connectivity index (χ2v) is 5.85. The number of nitrogens with two attached hydrogens (primary N) is 1. The maximum absolute atomic E-state index is 12.0. The fourth-order valence-corrected chi connectivity index (χ4v) is 2.63. The van der Waals surface area contributed by atoms with E-state index in [0.29, 0.717) is 5.75 Å². The van der Waals surface area contributed by atoms with E-state index in [1.807, 2.05) is 18.2 Å². The van der Waals surface area contributed by atoms with Gasteiger partial charge in [-0.05, 0) is 18.2 Å². The van der Waals surface area contributed by atoms with E-state index in [0.717, 1.165) is 0 Å². The van der Waals surface area contributed by atoms with Gasteiger partial charge in [-0.2, -0.15) is 0 Å². The maximum atomic E-state index is 12.0. The van der Waals surface area contributed by atoms with Crippen LogP contribution in [0.15, 0.2) is 53.6 Å². The van der Waals surface area contributed by atoms with E-state index in [4.69, 9.17) is 10.6 Å². The minimum atomic E-state index is -3.61. The molecule has 2 rings (SSSR count). The largest absolute Gasteiger partial charge is 0.492 e. The number of nitrogens with one attached hydrogen (secondary N) is 2. The number of hydrogen-bond acceptors (Lipinski definition) is 6. The van der Waals surface area contributed by atoms with Crippen LogP contribution in [0.4, 0.5) is 5.82 Å². The molecule has 0 atom stereocenters. The first-order chi connectivity index (χ1) is 10.1. The number of rotatable bonds is 7. The number of nitrogens with zero attached hydrogens (tertiary/aromatic N) is 1. The number of para-hydroxylation sites is 1. The zero-order valence-corrected chi connectivity index (χ0v) is 12.0. The average Bonchev–Trinajstić information content (AvgIpc) is 2.53. The van der Waals surface area contributed by atoms with Crippen molar-refractivity contribution in [1.82, 2.24) is 9.71 Å². The van der Waals surface area contributed by atoms with Crippen LogP contribution < -0.4 is 20.7 Å². The lowest BCUT2D eigenvalue weighted by atomic mass is 10.3. The van der Waals surface area contributed by atoms with E-state index in [1.54, 1.807) is 12.1 Å². The summed E-state index contributed by atoms with van der Waals surface area (Å²) >= 11 is 0. The topological polar surface area (TPSA) is 106 Å². The van der Waals surface area contributed by atoms with Gasteiger partial charge in [-0.25, -0.2) is 24.0 Å². The van der Waals surface area contributed by atoms with E-state index in [1.165, 1.54) is 18.3 Å². The highest BCUT2D eigenvalue weighted by molar-refractivity contribution is 7.89. The van der Waals surface area contributed by atoms with Crippen LogP contribution in [-0.4, -0.2) is 26.6 Å². The lowest BCUT2D eigenvalue weighted by Crippen LogP contribution is -2.28. The Bertz CT molecular complexity index is 677. The number of aromatic nitrogens is 1. The molecule has 112 valence electrons. The molecule has 7 nitrogen and oxygen atoms in total. The van der Waals surface area contributed by atoms with E-state index in [2.05, 4.69) is 15.1 Å². The van der Waals surface area contributed by atoms with Crippen molar-refractivity contribution in [3.8, 4) is 5.75 Å². The smallest absolute Gasteiger partial charge is 0.240 e. The number of benzene rings is 1. The minimum absolute atomic E-state index is 0.0881. The monoisotopic (exact) mass is 308 g/mol. The number of ether oxygens (including phenoxy) is 1. The number of hydrogen-bond donors (Lipinski definition) is 3. The zero-order chi connectivity index (χ0) is 15.1. The molecule has 0 saturated carbocycles. The van der Waals surface area contributed by atoms with Gasteiger partial charge in [0.1, 0.15) is 18.2 Å². The van der Waals surface area contributed by atoms with Gasteiger partial charge in [-0.15, -0.1) is 0 Å². The first kappa shape index (κ1) is 15.2. The molecule has 0 spiro atoms. The first-order valence-electron chi connectivity index (χ1n) is 6.22. The third-order valence-electron chi connectivity index (χ3n) is 2.60. The average molecular weight is 308 g/mol. The van der Waals surface area contributed by atoms with Crippen LogP contribution in [0, 0.1) is 0 Å². The molecule has 0 bridgehead atoms. The van der Waals surface area contributed by atoms with Crippen LogP contribution >= 0.6 is 0 Å². The third-order valence-corrected chi connectivity index (χ3v) is 4.05. The van der Waals surface area contributed by atoms with Gasteiger partial charge in [-0.3, -0.25) is 0 Å². The molecule has 0 aliphatic rings. The number of sulfonamides is 1. The van der Waals surface area contributed by atoms with Gasteiger partial charge in [0.05, 0.1) is 4.90 Å². The predicted molar refractivity (Wildman–Crippen MR) is 79.2 cm³/mol. The molecule has 0 aliphatic heterocycles. The Hall–Kier alpha value is -2.16. The predicted octanol–water partition coefficient (Wildman–Crippen LogP) is 0.724. The molecule has 1 aromatic carbocycles. The minimum Gasteiger partial charge on any atom is -0.492 e. The summed E-state index contributed by atoms with van der Waals surface area (Å²) in [5, 5.41) is 0. The van der Waals surface area contributed by atoms with Gasteiger partial charge in [-0.1, -0.05) is 18.2 Å². The molecule has 0 fully saturated rings. The van der Waals surface area contributed by atoms with Crippen LogP contribution in [0.5, 0.6) is 5.75 Å². The molecule has 8 heteroatoms. The Labute approximate surface area is 123 Å². The highest BCUT2D eigenvalue weighted by atomic mass is 32.2. The SMILES string of the molecule is NNc1cc(S(=O)(=O)NCCOc2ccccc2)ccn1. The van der Waals surface area contributed by atoms with Crippen molar-refractivity contribution >= 4 is 15.8 Å². The van der Waals surface area contributed by atoms with Crippen LogP contribution in [0.25, 0.3) is 0 Å². The second-order valence-electron chi connectivity index (χ2n) is 4.08. The zero-order valence-electron chi connectivity index (χ0n) is 11.2. The highest BCUT2D eigenvalue weighted by Crippen LogP contribution is 2.11. The molecule has 21 heavy (non-hydrogen) atoms. The molecular weight excluding hydrogens is 292 g/mol. The standard InChI is InChI=1S/C13H16N4O3S/c14-17-13-10-12(6-7-15-13)21(18,19)16-8-9-20-11-4-2-1-3-5-11/h1-7,10,16H,8-9,14H2,(H,15,17). The summed E-state index contributed by atoms with van der Waals surface area (Å²) in [6.07, 6.45) is 1.37. The normalized spacial score (nSPS) is 11.1. The number of anilines is 1. The maximum Gasteiger partial charge on any atom is 0.240 e. The molecule has 1 aromatic heterocycles. The van der Waals surface area contributed by atoms with Gasteiger partial charge in [0.25, 0.3) is 0 Å². The lowest BCUT2D eigenvalue weighted by molar-refractivity contribution is 0.323. The fraction of sp³-hybridized carbons (Fsp3) is 0.154. The van der Waals surface area contributed by atoms with Crippen LogP contribution in [0.3, 0.4) is 0 Å². The molecule has 4 N–H and O–H groups in total. The summed E-state index contributed by atoms with van der Waals surface area (Å²) in [5.74, 6) is 6.17. The number of hydrazine groups is 1. The van der Waals surface area contributed by atoms with Gasteiger partial charge in [0.15, 0.2) is 0 Å². The van der Waals surface area contributed by atoms with Crippen LogP contribution in [0.1, 0.15) is 0 Å². The van der Waals surface area contributed by atoms with E-state index < -0.39 is 10.0 Å².